The summed E-state index contributed by atoms with van der Waals surface area (Å²) in [5.41, 5.74) is 3.22. The fourth-order valence-electron chi connectivity index (χ4n) is 3.82. The summed E-state index contributed by atoms with van der Waals surface area (Å²) in [7, 11) is 8.73. The quantitative estimate of drug-likeness (QED) is 0.891. The molecule has 0 aromatic heterocycles. The summed E-state index contributed by atoms with van der Waals surface area (Å²) in [4.78, 5) is 14.4. The Morgan fingerprint density at radius 2 is 1.74 bits per heavy atom. The van der Waals surface area contributed by atoms with Crippen LogP contribution in [0.25, 0.3) is 11.1 Å². The summed E-state index contributed by atoms with van der Waals surface area (Å²) in [6.07, 6.45) is 1.60. The highest BCUT2D eigenvalue weighted by Gasteiger charge is 2.29. The number of aromatic hydroxyl groups is 1. The van der Waals surface area contributed by atoms with Crippen LogP contribution in [0.3, 0.4) is 0 Å². The summed E-state index contributed by atoms with van der Waals surface area (Å²) in [6, 6.07) is 6.73. The number of benzene rings is 1. The molecule has 1 atom stereocenters. The summed E-state index contributed by atoms with van der Waals surface area (Å²) in [5.74, 6) is 1.39. The minimum Gasteiger partial charge on any atom is -0.504 e. The molecule has 6 nitrogen and oxygen atoms in total. The van der Waals surface area contributed by atoms with Crippen molar-refractivity contribution in [1.29, 1.82) is 0 Å². The lowest BCUT2D eigenvalue weighted by Crippen LogP contribution is -2.20. The molecule has 1 unspecified atom stereocenters. The van der Waals surface area contributed by atoms with Gasteiger partial charge in [-0.25, -0.2) is 0 Å². The van der Waals surface area contributed by atoms with Crippen LogP contribution in [-0.4, -0.2) is 45.4 Å². The zero-order valence-electron chi connectivity index (χ0n) is 16.3. The van der Waals surface area contributed by atoms with Gasteiger partial charge < -0.3 is 24.2 Å². The molecule has 6 heteroatoms. The van der Waals surface area contributed by atoms with Crippen molar-refractivity contribution in [2.45, 2.75) is 18.9 Å². The monoisotopic (exact) mass is 371 g/mol. The van der Waals surface area contributed by atoms with E-state index in [2.05, 4.69) is 4.90 Å². The first-order valence-corrected chi connectivity index (χ1v) is 8.78. The smallest absolute Gasteiger partial charge is 0.220 e. The largest absolute Gasteiger partial charge is 0.504 e. The third-order valence-corrected chi connectivity index (χ3v) is 5.11. The van der Waals surface area contributed by atoms with Crippen molar-refractivity contribution in [3.63, 3.8) is 0 Å². The minimum absolute atomic E-state index is 0.0218. The Balaban J connectivity index is 2.45. The van der Waals surface area contributed by atoms with E-state index in [1.54, 1.807) is 27.4 Å². The summed E-state index contributed by atoms with van der Waals surface area (Å²) in [5, 5.41) is 9.99. The van der Waals surface area contributed by atoms with E-state index in [9.17, 15) is 9.90 Å². The lowest BCUT2D eigenvalue weighted by atomic mass is 9.95. The van der Waals surface area contributed by atoms with Crippen LogP contribution in [0, 0.1) is 0 Å². The van der Waals surface area contributed by atoms with Gasteiger partial charge in [-0.15, -0.1) is 0 Å². The molecule has 0 aliphatic heterocycles. The highest BCUT2D eigenvalue weighted by Crippen LogP contribution is 2.50. The molecule has 0 heterocycles. The molecular weight excluding hydrogens is 346 g/mol. The van der Waals surface area contributed by atoms with Gasteiger partial charge in [-0.2, -0.15) is 0 Å². The molecule has 2 aromatic rings. The van der Waals surface area contributed by atoms with Gasteiger partial charge in [0.25, 0.3) is 0 Å². The van der Waals surface area contributed by atoms with E-state index in [4.69, 9.17) is 14.2 Å². The number of fused-ring (bicyclic) bond motifs is 3. The van der Waals surface area contributed by atoms with Gasteiger partial charge in [0, 0.05) is 11.6 Å². The number of ether oxygens (including phenoxy) is 3. The summed E-state index contributed by atoms with van der Waals surface area (Å²) < 4.78 is 16.8. The standard InChI is InChI=1S/C21H25NO5/c1-22(2)15-8-6-12-10-18(25-3)20(26-4)21(27-5)19(12)13-7-9-16(23)17(24)11-14(13)15/h7,9-11,15H,6,8H2,1-5H3,(H,23,24). The maximum Gasteiger partial charge on any atom is 0.220 e. The van der Waals surface area contributed by atoms with Gasteiger partial charge in [0.15, 0.2) is 17.2 Å². The van der Waals surface area contributed by atoms with E-state index < -0.39 is 5.43 Å². The SMILES string of the molecule is COc1cc2c(c(OC)c1OC)-c1ccc(O)c(=O)cc1C(N(C)C)CC2. The molecule has 1 aliphatic rings. The topological polar surface area (TPSA) is 68.2 Å². The predicted molar refractivity (Wildman–Crippen MR) is 104 cm³/mol. The van der Waals surface area contributed by atoms with Crippen LogP contribution in [0.15, 0.2) is 29.1 Å². The Kier molecular flexibility index (Phi) is 5.28. The molecule has 0 bridgehead atoms. The van der Waals surface area contributed by atoms with Crippen molar-refractivity contribution >= 4 is 0 Å². The van der Waals surface area contributed by atoms with Crippen molar-refractivity contribution in [2.75, 3.05) is 35.4 Å². The average Bonchev–Trinajstić information content (AvgIpc) is 2.89. The van der Waals surface area contributed by atoms with Crippen LogP contribution in [-0.2, 0) is 6.42 Å². The van der Waals surface area contributed by atoms with E-state index in [1.165, 1.54) is 12.1 Å². The second-order valence-electron chi connectivity index (χ2n) is 6.79. The van der Waals surface area contributed by atoms with E-state index in [0.29, 0.717) is 17.2 Å². The Hall–Kier alpha value is -2.73. The predicted octanol–water partition coefficient (Wildman–Crippen LogP) is 2.99. The summed E-state index contributed by atoms with van der Waals surface area (Å²) in [6.45, 7) is 0. The molecule has 0 spiro atoms. The van der Waals surface area contributed by atoms with Gasteiger partial charge in [-0.3, -0.25) is 4.79 Å². The first-order valence-electron chi connectivity index (χ1n) is 8.78. The van der Waals surface area contributed by atoms with Gasteiger partial charge in [0.2, 0.25) is 11.2 Å². The Bertz CT molecular complexity index is 923. The number of nitrogens with zero attached hydrogens (tertiary/aromatic N) is 1. The van der Waals surface area contributed by atoms with Crippen LogP contribution in [0.5, 0.6) is 23.0 Å². The maximum absolute atomic E-state index is 12.3. The third kappa shape index (κ3) is 3.21. The van der Waals surface area contributed by atoms with Crippen LogP contribution < -0.4 is 19.6 Å². The van der Waals surface area contributed by atoms with Crippen molar-refractivity contribution in [3.8, 4) is 34.1 Å². The zero-order chi connectivity index (χ0) is 19.7. The number of methoxy groups -OCH3 is 3. The molecule has 0 saturated heterocycles. The molecule has 0 fully saturated rings. The fourth-order valence-corrected chi connectivity index (χ4v) is 3.82. The number of rotatable bonds is 4. The lowest BCUT2D eigenvalue weighted by molar-refractivity contribution is 0.286. The van der Waals surface area contributed by atoms with E-state index in [0.717, 1.165) is 35.1 Å². The van der Waals surface area contributed by atoms with Crippen LogP contribution >= 0.6 is 0 Å². The van der Waals surface area contributed by atoms with Crippen LogP contribution in [0.2, 0.25) is 0 Å². The lowest BCUT2D eigenvalue weighted by Gasteiger charge is -2.24. The van der Waals surface area contributed by atoms with Gasteiger partial charge in [-0.05, 0) is 61.8 Å². The summed E-state index contributed by atoms with van der Waals surface area (Å²) >= 11 is 0. The van der Waals surface area contributed by atoms with Gasteiger partial charge in [0.05, 0.1) is 21.3 Å². The van der Waals surface area contributed by atoms with Gasteiger partial charge in [0.1, 0.15) is 0 Å². The zero-order valence-corrected chi connectivity index (χ0v) is 16.3. The van der Waals surface area contributed by atoms with Gasteiger partial charge >= 0.3 is 0 Å². The molecule has 0 amide bonds. The fraction of sp³-hybridized carbons (Fsp3) is 0.381. The van der Waals surface area contributed by atoms with E-state index >= 15 is 0 Å². The van der Waals surface area contributed by atoms with Crippen LogP contribution in [0.4, 0.5) is 0 Å². The van der Waals surface area contributed by atoms with Crippen molar-refractivity contribution < 1.29 is 19.3 Å². The highest BCUT2D eigenvalue weighted by molar-refractivity contribution is 5.82. The molecular formula is C21H25NO5. The van der Waals surface area contributed by atoms with Crippen LogP contribution in [0.1, 0.15) is 23.6 Å². The minimum atomic E-state index is -0.397. The van der Waals surface area contributed by atoms with Crippen molar-refractivity contribution in [3.05, 3.63) is 45.6 Å². The molecule has 3 rings (SSSR count). The molecule has 0 saturated carbocycles. The Labute approximate surface area is 158 Å². The second kappa shape index (κ2) is 7.48. The number of hydrogen-bond donors (Lipinski definition) is 1. The van der Waals surface area contributed by atoms with Crippen molar-refractivity contribution in [2.24, 2.45) is 0 Å². The molecule has 27 heavy (non-hydrogen) atoms. The normalized spacial score (nSPS) is 15.6. The maximum atomic E-state index is 12.3. The van der Waals surface area contributed by atoms with Gasteiger partial charge in [-0.1, -0.05) is 6.07 Å². The first-order chi connectivity index (χ1) is 12.9. The van der Waals surface area contributed by atoms with E-state index in [-0.39, 0.29) is 11.8 Å². The molecule has 1 aliphatic carbocycles. The molecule has 0 radical (unpaired) electrons. The number of aryl methyl sites for hydroxylation is 1. The molecule has 144 valence electrons. The Morgan fingerprint density at radius 3 is 2.33 bits per heavy atom. The van der Waals surface area contributed by atoms with E-state index in [1.807, 2.05) is 20.2 Å². The third-order valence-electron chi connectivity index (χ3n) is 5.11. The average molecular weight is 371 g/mol. The first kappa shape index (κ1) is 19.0. The molecule has 1 N–H and O–H groups in total. The number of hydrogen-bond acceptors (Lipinski definition) is 6. The second-order valence-corrected chi connectivity index (χ2v) is 6.79. The highest BCUT2D eigenvalue weighted by atomic mass is 16.5. The molecule has 2 aromatic carbocycles. The Morgan fingerprint density at radius 1 is 1.04 bits per heavy atom. The van der Waals surface area contributed by atoms with Crippen molar-refractivity contribution in [1.82, 2.24) is 4.90 Å².